The molecule has 0 N–H and O–H groups in total. The summed E-state index contributed by atoms with van der Waals surface area (Å²) in [7, 11) is 1.95. The number of hydrogen-bond donors (Lipinski definition) is 0. The SMILES string of the molecule is Cc1cc(C(=O)Cc2nc3ccccc3n2C)cc(C)n1. The Morgan fingerprint density at radius 3 is 2.43 bits per heavy atom. The molecule has 0 amide bonds. The summed E-state index contributed by atoms with van der Waals surface area (Å²) >= 11 is 0. The van der Waals surface area contributed by atoms with E-state index >= 15 is 0 Å². The highest BCUT2D eigenvalue weighted by Gasteiger charge is 2.14. The summed E-state index contributed by atoms with van der Waals surface area (Å²) in [6, 6.07) is 11.6. The van der Waals surface area contributed by atoms with E-state index in [1.54, 1.807) is 0 Å². The van der Waals surface area contributed by atoms with Gasteiger partial charge in [0.1, 0.15) is 5.82 Å². The number of aryl methyl sites for hydroxylation is 3. The largest absolute Gasteiger partial charge is 0.331 e. The molecule has 2 aromatic heterocycles. The highest BCUT2D eigenvalue weighted by Crippen LogP contribution is 2.16. The highest BCUT2D eigenvalue weighted by atomic mass is 16.1. The van der Waals surface area contributed by atoms with E-state index in [2.05, 4.69) is 9.97 Å². The summed E-state index contributed by atoms with van der Waals surface area (Å²) in [5.41, 5.74) is 4.39. The first kappa shape index (κ1) is 13.5. The number of Topliss-reactive ketones (excluding diaryl/α,β-unsaturated/α-hetero) is 1. The first-order valence-electron chi connectivity index (χ1n) is 6.93. The fourth-order valence-electron chi connectivity index (χ4n) is 2.59. The number of carbonyl (C=O) groups is 1. The third kappa shape index (κ3) is 2.57. The maximum atomic E-state index is 12.5. The predicted octanol–water partition coefficient (Wildman–Crippen LogP) is 3.01. The third-order valence-corrected chi connectivity index (χ3v) is 3.60. The molecule has 0 atom stereocenters. The molecule has 21 heavy (non-hydrogen) atoms. The highest BCUT2D eigenvalue weighted by molar-refractivity contribution is 5.97. The Morgan fingerprint density at radius 1 is 1.10 bits per heavy atom. The number of hydrogen-bond acceptors (Lipinski definition) is 3. The molecule has 0 unspecified atom stereocenters. The molecule has 3 aromatic rings. The van der Waals surface area contributed by atoms with Gasteiger partial charge >= 0.3 is 0 Å². The van der Waals surface area contributed by atoms with Gasteiger partial charge in [0, 0.05) is 24.0 Å². The van der Waals surface area contributed by atoms with Crippen LogP contribution in [0.4, 0.5) is 0 Å². The van der Waals surface area contributed by atoms with E-state index in [0.29, 0.717) is 12.0 Å². The predicted molar refractivity (Wildman–Crippen MR) is 82.5 cm³/mol. The molecule has 0 radical (unpaired) electrons. The molecule has 1 aromatic carbocycles. The first-order valence-corrected chi connectivity index (χ1v) is 6.93. The van der Waals surface area contributed by atoms with Crippen molar-refractivity contribution in [3.63, 3.8) is 0 Å². The summed E-state index contributed by atoms with van der Waals surface area (Å²) in [4.78, 5) is 21.3. The Morgan fingerprint density at radius 2 is 1.76 bits per heavy atom. The summed E-state index contributed by atoms with van der Waals surface area (Å²) in [5, 5.41) is 0. The number of ketones is 1. The molecule has 0 aliphatic rings. The third-order valence-electron chi connectivity index (χ3n) is 3.60. The second-order valence-electron chi connectivity index (χ2n) is 5.31. The minimum absolute atomic E-state index is 0.0713. The topological polar surface area (TPSA) is 47.8 Å². The van der Waals surface area contributed by atoms with Crippen molar-refractivity contribution in [3.8, 4) is 0 Å². The van der Waals surface area contributed by atoms with Crippen LogP contribution in [0.3, 0.4) is 0 Å². The minimum Gasteiger partial charge on any atom is -0.331 e. The van der Waals surface area contributed by atoms with Gasteiger partial charge in [-0.25, -0.2) is 4.98 Å². The number of carbonyl (C=O) groups excluding carboxylic acids is 1. The van der Waals surface area contributed by atoms with E-state index in [1.807, 2.05) is 61.9 Å². The Bertz CT molecular complexity index is 813. The van der Waals surface area contributed by atoms with Crippen molar-refractivity contribution in [3.05, 3.63) is 59.2 Å². The standard InChI is InChI=1S/C17H17N3O/c1-11-8-13(9-12(2)18-11)16(21)10-17-19-14-6-4-5-7-15(14)20(17)3/h4-9H,10H2,1-3H3. The number of imidazole rings is 1. The van der Waals surface area contributed by atoms with Gasteiger partial charge in [-0.3, -0.25) is 9.78 Å². The Labute approximate surface area is 123 Å². The van der Waals surface area contributed by atoms with Crippen LogP contribution in [-0.2, 0) is 13.5 Å². The van der Waals surface area contributed by atoms with Crippen molar-refractivity contribution in [1.82, 2.24) is 14.5 Å². The van der Waals surface area contributed by atoms with Crippen LogP contribution in [-0.4, -0.2) is 20.3 Å². The average molecular weight is 279 g/mol. The van der Waals surface area contributed by atoms with Gasteiger partial charge in [-0.1, -0.05) is 12.1 Å². The van der Waals surface area contributed by atoms with Crippen LogP contribution >= 0.6 is 0 Å². The molecule has 0 bridgehead atoms. The molecule has 0 saturated carbocycles. The first-order chi connectivity index (χ1) is 10.0. The normalized spacial score (nSPS) is 11.0. The zero-order valence-corrected chi connectivity index (χ0v) is 12.4. The number of para-hydroxylation sites is 2. The molecule has 2 heterocycles. The summed E-state index contributed by atoms with van der Waals surface area (Å²) in [6.45, 7) is 3.80. The quantitative estimate of drug-likeness (QED) is 0.692. The van der Waals surface area contributed by atoms with E-state index in [1.165, 1.54) is 0 Å². The summed E-state index contributed by atoms with van der Waals surface area (Å²) in [6.07, 6.45) is 0.300. The lowest BCUT2D eigenvalue weighted by Gasteiger charge is -2.04. The number of fused-ring (bicyclic) bond motifs is 1. The molecule has 0 aliphatic heterocycles. The molecule has 0 spiro atoms. The van der Waals surface area contributed by atoms with E-state index < -0.39 is 0 Å². The number of nitrogens with zero attached hydrogens (tertiary/aromatic N) is 3. The number of benzene rings is 1. The fourth-order valence-corrected chi connectivity index (χ4v) is 2.59. The van der Waals surface area contributed by atoms with Crippen molar-refractivity contribution in [2.75, 3.05) is 0 Å². The molecule has 4 nitrogen and oxygen atoms in total. The van der Waals surface area contributed by atoms with E-state index in [0.717, 1.165) is 28.2 Å². The molecule has 3 rings (SSSR count). The fraction of sp³-hybridized carbons (Fsp3) is 0.235. The zero-order chi connectivity index (χ0) is 15.0. The van der Waals surface area contributed by atoms with Crippen molar-refractivity contribution >= 4 is 16.8 Å². The van der Waals surface area contributed by atoms with E-state index in [4.69, 9.17) is 0 Å². The molecule has 0 aliphatic carbocycles. The van der Waals surface area contributed by atoms with Crippen molar-refractivity contribution in [1.29, 1.82) is 0 Å². The van der Waals surface area contributed by atoms with Gasteiger partial charge in [0.05, 0.1) is 17.5 Å². The second kappa shape index (κ2) is 5.13. The van der Waals surface area contributed by atoms with Crippen LogP contribution in [0.5, 0.6) is 0 Å². The average Bonchev–Trinajstić information content (AvgIpc) is 2.75. The van der Waals surface area contributed by atoms with Gasteiger partial charge in [-0.15, -0.1) is 0 Å². The van der Waals surface area contributed by atoms with Gasteiger partial charge in [0.25, 0.3) is 0 Å². The number of aromatic nitrogens is 3. The van der Waals surface area contributed by atoms with Crippen LogP contribution in [0, 0.1) is 13.8 Å². The summed E-state index contributed by atoms with van der Waals surface area (Å²) < 4.78 is 1.98. The molecule has 0 saturated heterocycles. The maximum absolute atomic E-state index is 12.5. The number of pyridine rings is 1. The lowest BCUT2D eigenvalue weighted by atomic mass is 10.1. The van der Waals surface area contributed by atoms with E-state index in [9.17, 15) is 4.79 Å². The second-order valence-corrected chi connectivity index (χ2v) is 5.31. The summed E-state index contributed by atoms with van der Waals surface area (Å²) in [5.74, 6) is 0.857. The van der Waals surface area contributed by atoms with E-state index in [-0.39, 0.29) is 5.78 Å². The van der Waals surface area contributed by atoms with Crippen LogP contribution < -0.4 is 0 Å². The maximum Gasteiger partial charge on any atom is 0.170 e. The van der Waals surface area contributed by atoms with Gasteiger partial charge in [-0.05, 0) is 38.1 Å². The molecule has 106 valence electrons. The van der Waals surface area contributed by atoms with Gasteiger partial charge in [0.15, 0.2) is 5.78 Å². The van der Waals surface area contributed by atoms with Gasteiger partial charge in [-0.2, -0.15) is 0 Å². The van der Waals surface area contributed by atoms with Crippen LogP contribution in [0.1, 0.15) is 27.6 Å². The van der Waals surface area contributed by atoms with Crippen molar-refractivity contribution in [2.45, 2.75) is 20.3 Å². The Kier molecular flexibility index (Phi) is 3.29. The van der Waals surface area contributed by atoms with Crippen LogP contribution in [0.15, 0.2) is 36.4 Å². The Hall–Kier alpha value is -2.49. The minimum atomic E-state index is 0.0713. The number of rotatable bonds is 3. The zero-order valence-electron chi connectivity index (χ0n) is 12.4. The Balaban J connectivity index is 1.94. The molecular weight excluding hydrogens is 262 g/mol. The van der Waals surface area contributed by atoms with Gasteiger partial charge in [0.2, 0.25) is 0 Å². The van der Waals surface area contributed by atoms with Crippen LogP contribution in [0.25, 0.3) is 11.0 Å². The lowest BCUT2D eigenvalue weighted by Crippen LogP contribution is -2.09. The lowest BCUT2D eigenvalue weighted by molar-refractivity contribution is 0.0990. The van der Waals surface area contributed by atoms with Crippen LogP contribution in [0.2, 0.25) is 0 Å². The molecule has 4 heteroatoms. The van der Waals surface area contributed by atoms with Gasteiger partial charge < -0.3 is 4.57 Å². The molecular formula is C17H17N3O. The monoisotopic (exact) mass is 279 g/mol. The van der Waals surface area contributed by atoms with Crippen molar-refractivity contribution < 1.29 is 4.79 Å². The van der Waals surface area contributed by atoms with Crippen molar-refractivity contribution in [2.24, 2.45) is 7.05 Å². The smallest absolute Gasteiger partial charge is 0.170 e. The molecule has 0 fully saturated rings.